The van der Waals surface area contributed by atoms with Crippen molar-refractivity contribution in [3.05, 3.63) is 40.4 Å². The first-order valence-electron chi connectivity index (χ1n) is 5.51. The molecule has 1 aromatic rings. The van der Waals surface area contributed by atoms with Crippen LogP contribution in [0.2, 0.25) is 10.0 Å². The van der Waals surface area contributed by atoms with Crippen LogP contribution in [0.3, 0.4) is 0 Å². The van der Waals surface area contributed by atoms with Crippen LogP contribution in [0.15, 0.2) is 39.1 Å². The summed E-state index contributed by atoms with van der Waals surface area (Å²) in [5, 5.41) is 1.48. The molecule has 1 aliphatic heterocycles. The molecule has 1 aromatic carbocycles. The van der Waals surface area contributed by atoms with Crippen molar-refractivity contribution in [1.82, 2.24) is 0 Å². The molecule has 2 unspecified atom stereocenters. The Hall–Kier alpha value is -0.270. The third-order valence-electron chi connectivity index (χ3n) is 2.78. The second-order valence-corrected chi connectivity index (χ2v) is 6.55. The molecule has 0 spiro atoms. The van der Waals surface area contributed by atoms with Crippen molar-refractivity contribution in [2.24, 2.45) is 15.1 Å². The first-order valence-corrected chi connectivity index (χ1v) is 7.99. The maximum absolute atomic E-state index is 6.31. The summed E-state index contributed by atoms with van der Waals surface area (Å²) in [7, 11) is 0. The van der Waals surface area contributed by atoms with Crippen LogP contribution in [-0.2, 0) is 0 Å². The van der Waals surface area contributed by atoms with E-state index in [4.69, 9.17) is 28.9 Å². The Labute approximate surface area is 142 Å². The molecule has 0 bridgehead atoms. The van der Waals surface area contributed by atoms with E-state index in [1.54, 1.807) is 12.1 Å². The van der Waals surface area contributed by atoms with Gasteiger partial charge in [0, 0.05) is 4.90 Å². The summed E-state index contributed by atoms with van der Waals surface area (Å²) in [6.45, 7) is 3.80. The molecule has 0 saturated heterocycles. The normalized spacial score (nSPS) is 22.8. The number of hydrogen-bond acceptors (Lipinski definition) is 5. The highest BCUT2D eigenvalue weighted by atomic mass is 35.5. The number of nitrogens with zero attached hydrogens (tertiary/aromatic N) is 2. The molecule has 0 amide bonds. The highest BCUT2D eigenvalue weighted by molar-refractivity contribution is 8.16. The molecule has 0 aromatic heterocycles. The van der Waals surface area contributed by atoms with Crippen molar-refractivity contribution in [1.29, 1.82) is 0 Å². The zero-order valence-corrected chi connectivity index (χ0v) is 14.2. The van der Waals surface area contributed by atoms with Crippen LogP contribution in [-0.4, -0.2) is 16.9 Å². The van der Waals surface area contributed by atoms with Gasteiger partial charge in [-0.2, -0.15) is 4.40 Å². The molecule has 2 rings (SSSR count). The molecule has 8 heteroatoms. The largest absolute Gasteiger partial charge is 0.381 e. The number of aliphatic imine (C=N–C) groups is 1. The SMILES string of the molecule is C=CC1N=C(C(N)=NS)SC1c1ccc(S)c(Cl)c1Cl. The van der Waals surface area contributed by atoms with Gasteiger partial charge in [0.25, 0.3) is 0 Å². The van der Waals surface area contributed by atoms with E-state index in [-0.39, 0.29) is 17.1 Å². The van der Waals surface area contributed by atoms with Gasteiger partial charge in [0.15, 0.2) is 5.84 Å². The Bertz CT molecular complexity index is 616. The highest BCUT2D eigenvalue weighted by Gasteiger charge is 2.33. The monoisotopic (exact) mass is 363 g/mol. The lowest BCUT2D eigenvalue weighted by molar-refractivity contribution is 0.813. The number of amidine groups is 1. The molecular formula is C12H11Cl2N3S3. The third kappa shape index (κ3) is 2.99. The average Bonchev–Trinajstić information content (AvgIpc) is 2.88. The van der Waals surface area contributed by atoms with Crippen molar-refractivity contribution in [2.75, 3.05) is 0 Å². The Balaban J connectivity index is 2.40. The quantitative estimate of drug-likeness (QED) is 0.325. The lowest BCUT2D eigenvalue weighted by Gasteiger charge is -2.17. The minimum absolute atomic E-state index is 0.0462. The van der Waals surface area contributed by atoms with Crippen LogP contribution < -0.4 is 5.73 Å². The van der Waals surface area contributed by atoms with Gasteiger partial charge in [-0.1, -0.05) is 47.1 Å². The number of thiol groups is 2. The van der Waals surface area contributed by atoms with Gasteiger partial charge in [0.1, 0.15) is 5.04 Å². The number of nitrogens with two attached hydrogens (primary N) is 1. The van der Waals surface area contributed by atoms with E-state index in [2.05, 4.69) is 41.4 Å². The zero-order valence-electron chi connectivity index (χ0n) is 10.1. The Kier molecular flexibility index (Phi) is 5.36. The van der Waals surface area contributed by atoms with Crippen LogP contribution >= 0.6 is 60.4 Å². The van der Waals surface area contributed by atoms with Crippen molar-refractivity contribution < 1.29 is 0 Å². The van der Waals surface area contributed by atoms with E-state index in [0.29, 0.717) is 20.0 Å². The van der Waals surface area contributed by atoms with Gasteiger partial charge in [-0.3, -0.25) is 4.99 Å². The van der Waals surface area contributed by atoms with Crippen molar-refractivity contribution in [3.63, 3.8) is 0 Å². The summed E-state index contributed by atoms with van der Waals surface area (Å²) in [5.74, 6) is 0.278. The fourth-order valence-electron chi connectivity index (χ4n) is 1.79. The third-order valence-corrected chi connectivity index (χ3v) is 5.72. The number of rotatable bonds is 3. The molecule has 1 aliphatic rings. The maximum Gasteiger partial charge on any atom is 0.163 e. The molecule has 2 atom stereocenters. The molecule has 3 nitrogen and oxygen atoms in total. The van der Waals surface area contributed by atoms with Gasteiger partial charge < -0.3 is 5.73 Å². The van der Waals surface area contributed by atoms with Crippen LogP contribution in [0, 0.1) is 0 Å². The summed E-state index contributed by atoms with van der Waals surface area (Å²) in [6.07, 6.45) is 1.75. The van der Waals surface area contributed by atoms with Crippen LogP contribution in [0.4, 0.5) is 0 Å². The minimum atomic E-state index is -0.150. The minimum Gasteiger partial charge on any atom is -0.381 e. The van der Waals surface area contributed by atoms with E-state index in [9.17, 15) is 0 Å². The van der Waals surface area contributed by atoms with Crippen LogP contribution in [0.1, 0.15) is 10.8 Å². The van der Waals surface area contributed by atoms with Gasteiger partial charge in [0.05, 0.1) is 21.3 Å². The predicted octanol–water partition coefficient (Wildman–Crippen LogP) is 4.23. The molecule has 20 heavy (non-hydrogen) atoms. The van der Waals surface area contributed by atoms with Crippen molar-refractivity contribution in [3.8, 4) is 0 Å². The Morgan fingerprint density at radius 1 is 1.45 bits per heavy atom. The molecule has 0 fully saturated rings. The number of thioether (sulfide) groups is 1. The first-order chi connectivity index (χ1) is 9.49. The highest BCUT2D eigenvalue weighted by Crippen LogP contribution is 2.46. The van der Waals surface area contributed by atoms with E-state index in [1.165, 1.54) is 11.8 Å². The lowest BCUT2D eigenvalue weighted by Crippen LogP contribution is -2.18. The second kappa shape index (κ2) is 6.66. The second-order valence-electron chi connectivity index (χ2n) is 3.99. The van der Waals surface area contributed by atoms with E-state index < -0.39 is 0 Å². The van der Waals surface area contributed by atoms with Gasteiger partial charge in [0.2, 0.25) is 0 Å². The molecule has 0 saturated carbocycles. The van der Waals surface area contributed by atoms with Crippen molar-refractivity contribution in [2.45, 2.75) is 16.2 Å². The fraction of sp³-hybridized carbons (Fsp3) is 0.167. The summed E-state index contributed by atoms with van der Waals surface area (Å²) in [5.41, 5.74) is 6.61. The Morgan fingerprint density at radius 3 is 2.75 bits per heavy atom. The maximum atomic E-state index is 6.31. The predicted molar refractivity (Wildman–Crippen MR) is 96.1 cm³/mol. The van der Waals surface area contributed by atoms with Gasteiger partial charge in [-0.25, -0.2) is 0 Å². The zero-order chi connectivity index (χ0) is 14.9. The molecule has 0 aliphatic carbocycles. The van der Waals surface area contributed by atoms with Crippen LogP contribution in [0.25, 0.3) is 0 Å². The van der Waals surface area contributed by atoms with Crippen LogP contribution in [0.5, 0.6) is 0 Å². The summed E-state index contributed by atoms with van der Waals surface area (Å²) in [6, 6.07) is 3.54. The number of halogens is 2. The van der Waals surface area contributed by atoms with Gasteiger partial charge in [-0.05, 0) is 24.4 Å². The fourth-order valence-corrected chi connectivity index (χ4v) is 3.95. The summed E-state index contributed by atoms with van der Waals surface area (Å²) >= 11 is 22.0. The van der Waals surface area contributed by atoms with Gasteiger partial charge in [-0.15, -0.1) is 19.2 Å². The number of hydrogen-bond donors (Lipinski definition) is 3. The number of benzene rings is 1. The first kappa shape index (κ1) is 16.1. The Morgan fingerprint density at radius 2 is 2.15 bits per heavy atom. The van der Waals surface area contributed by atoms with E-state index >= 15 is 0 Å². The van der Waals surface area contributed by atoms with Crippen molar-refractivity contribution >= 4 is 71.3 Å². The standard InChI is InChI=1S/C12H11Cl2N3S3/c1-2-6-10(20-12(16-6)11(15)17-19)5-3-4-7(18)9(14)8(5)13/h2-4,6,10,18-19H,1H2,(H2,15,17). The molecule has 106 valence electrons. The average molecular weight is 364 g/mol. The smallest absolute Gasteiger partial charge is 0.163 e. The van der Waals surface area contributed by atoms with E-state index in [1.807, 2.05) is 6.07 Å². The molecular weight excluding hydrogens is 353 g/mol. The molecule has 0 radical (unpaired) electrons. The van der Waals surface area contributed by atoms with Gasteiger partial charge >= 0.3 is 0 Å². The summed E-state index contributed by atoms with van der Waals surface area (Å²) < 4.78 is 3.65. The van der Waals surface area contributed by atoms with E-state index in [0.717, 1.165) is 5.56 Å². The lowest BCUT2D eigenvalue weighted by atomic mass is 10.1. The topological polar surface area (TPSA) is 50.7 Å². The molecule has 2 N–H and O–H groups in total. The molecule has 1 heterocycles. The summed E-state index contributed by atoms with van der Waals surface area (Å²) in [4.78, 5) is 5.10.